The van der Waals surface area contributed by atoms with Gasteiger partial charge in [-0.25, -0.2) is 0 Å². The molecule has 0 amide bonds. The highest BCUT2D eigenvalue weighted by Crippen LogP contribution is 2.22. The molecule has 0 atom stereocenters. The molecule has 1 aromatic heterocycles. The monoisotopic (exact) mass is 261 g/mol. The largest absolute Gasteiger partial charge is 0.481 e. The Morgan fingerprint density at radius 1 is 1.37 bits per heavy atom. The number of hydrogen-bond acceptors (Lipinski definition) is 2. The number of ether oxygens (including phenoxy) is 1. The Bertz CT molecular complexity index is 560. The van der Waals surface area contributed by atoms with Crippen LogP contribution in [0.2, 0.25) is 0 Å². The van der Waals surface area contributed by atoms with Gasteiger partial charge in [0, 0.05) is 37.2 Å². The van der Waals surface area contributed by atoms with Gasteiger partial charge in [-0.1, -0.05) is 18.2 Å². The van der Waals surface area contributed by atoms with Crippen LogP contribution < -0.4 is 0 Å². The lowest BCUT2D eigenvalue weighted by Gasteiger charge is -2.03. The fourth-order valence-electron chi connectivity index (χ4n) is 2.33. The lowest BCUT2D eigenvalue weighted by molar-refractivity contribution is -0.137. The molecule has 19 heavy (non-hydrogen) atoms. The molecule has 2 rings (SSSR count). The number of fused-ring (bicyclic) bond motifs is 1. The Labute approximate surface area is 112 Å². The van der Waals surface area contributed by atoms with Crippen LogP contribution in [0.4, 0.5) is 0 Å². The molecule has 0 bridgehead atoms. The summed E-state index contributed by atoms with van der Waals surface area (Å²) in [5, 5.41) is 9.92. The quantitative estimate of drug-likeness (QED) is 0.833. The number of methoxy groups -OCH3 is 1. The van der Waals surface area contributed by atoms with E-state index in [9.17, 15) is 4.79 Å². The van der Waals surface area contributed by atoms with E-state index in [1.807, 2.05) is 12.1 Å². The summed E-state index contributed by atoms with van der Waals surface area (Å²) in [5.74, 6) is -0.733. The molecule has 4 heteroatoms. The summed E-state index contributed by atoms with van der Waals surface area (Å²) in [6.45, 7) is 1.49. The van der Waals surface area contributed by atoms with Crippen LogP contribution in [0.5, 0.6) is 0 Å². The average molecular weight is 261 g/mol. The summed E-state index contributed by atoms with van der Waals surface area (Å²) >= 11 is 0. The Balaban J connectivity index is 2.20. The molecule has 0 aliphatic rings. The molecule has 0 radical (unpaired) electrons. The summed E-state index contributed by atoms with van der Waals surface area (Å²) in [6, 6.07) is 8.22. The standard InChI is InChI=1S/C15H19NO3/c1-19-10-9-16-11-12(5-4-8-15(17)18)13-6-2-3-7-14(13)16/h2-3,6-7,11H,4-5,8-10H2,1H3,(H,17,18). The Kier molecular flexibility index (Phi) is 4.58. The van der Waals surface area contributed by atoms with Crippen molar-refractivity contribution in [2.45, 2.75) is 25.8 Å². The van der Waals surface area contributed by atoms with Crippen molar-refractivity contribution < 1.29 is 14.6 Å². The number of aryl methyl sites for hydroxylation is 1. The zero-order chi connectivity index (χ0) is 13.7. The summed E-state index contributed by atoms with van der Waals surface area (Å²) in [4.78, 5) is 10.6. The van der Waals surface area contributed by atoms with E-state index in [2.05, 4.69) is 22.9 Å². The highest BCUT2D eigenvalue weighted by atomic mass is 16.5. The van der Waals surface area contributed by atoms with Crippen molar-refractivity contribution in [3.63, 3.8) is 0 Å². The van der Waals surface area contributed by atoms with Gasteiger partial charge in [-0.3, -0.25) is 4.79 Å². The molecular formula is C15H19NO3. The predicted molar refractivity (Wildman–Crippen MR) is 74.4 cm³/mol. The first-order chi connectivity index (χ1) is 9.22. The Morgan fingerprint density at radius 3 is 2.89 bits per heavy atom. The van der Waals surface area contributed by atoms with E-state index in [-0.39, 0.29) is 6.42 Å². The SMILES string of the molecule is COCCn1cc(CCCC(=O)O)c2ccccc21. The summed E-state index contributed by atoms with van der Waals surface area (Å²) in [5.41, 5.74) is 2.40. The van der Waals surface area contributed by atoms with Gasteiger partial charge in [-0.2, -0.15) is 0 Å². The van der Waals surface area contributed by atoms with E-state index in [1.165, 1.54) is 16.5 Å². The molecule has 0 unspecified atom stereocenters. The van der Waals surface area contributed by atoms with E-state index in [0.717, 1.165) is 13.0 Å². The number of benzene rings is 1. The molecule has 0 fully saturated rings. The third-order valence-corrected chi connectivity index (χ3v) is 3.24. The minimum Gasteiger partial charge on any atom is -0.481 e. The van der Waals surface area contributed by atoms with Crippen LogP contribution in [0.3, 0.4) is 0 Å². The van der Waals surface area contributed by atoms with Gasteiger partial charge in [-0.05, 0) is 24.5 Å². The third-order valence-electron chi connectivity index (χ3n) is 3.24. The molecule has 0 aliphatic carbocycles. The molecular weight excluding hydrogens is 242 g/mol. The number of carboxylic acid groups (broad SMARTS) is 1. The van der Waals surface area contributed by atoms with Crippen LogP contribution in [0.1, 0.15) is 18.4 Å². The Hall–Kier alpha value is -1.81. The highest BCUT2D eigenvalue weighted by molar-refractivity contribution is 5.84. The van der Waals surface area contributed by atoms with Crippen LogP contribution in [-0.2, 0) is 22.5 Å². The maximum absolute atomic E-state index is 10.6. The number of aromatic nitrogens is 1. The topological polar surface area (TPSA) is 51.5 Å². The molecule has 102 valence electrons. The van der Waals surface area contributed by atoms with E-state index in [4.69, 9.17) is 9.84 Å². The molecule has 0 spiro atoms. The molecule has 1 aromatic carbocycles. The molecule has 4 nitrogen and oxygen atoms in total. The second-order valence-electron chi connectivity index (χ2n) is 4.60. The van der Waals surface area contributed by atoms with Crippen LogP contribution in [-0.4, -0.2) is 29.4 Å². The van der Waals surface area contributed by atoms with Gasteiger partial charge in [0.1, 0.15) is 0 Å². The van der Waals surface area contributed by atoms with Crippen molar-refractivity contribution in [1.29, 1.82) is 0 Å². The maximum atomic E-state index is 10.6. The Morgan fingerprint density at radius 2 is 2.16 bits per heavy atom. The van der Waals surface area contributed by atoms with Crippen molar-refractivity contribution in [2.75, 3.05) is 13.7 Å². The smallest absolute Gasteiger partial charge is 0.303 e. The fourth-order valence-corrected chi connectivity index (χ4v) is 2.33. The van der Waals surface area contributed by atoms with Gasteiger partial charge in [0.2, 0.25) is 0 Å². The van der Waals surface area contributed by atoms with Crippen LogP contribution in [0, 0.1) is 0 Å². The van der Waals surface area contributed by atoms with Crippen molar-refractivity contribution >= 4 is 16.9 Å². The highest BCUT2D eigenvalue weighted by Gasteiger charge is 2.08. The minimum atomic E-state index is -0.733. The van der Waals surface area contributed by atoms with Gasteiger partial charge >= 0.3 is 5.97 Å². The number of hydrogen-bond donors (Lipinski definition) is 1. The molecule has 2 aromatic rings. The predicted octanol–water partition coefficient (Wildman–Crippen LogP) is 2.70. The van der Waals surface area contributed by atoms with Crippen molar-refractivity contribution in [2.24, 2.45) is 0 Å². The summed E-state index contributed by atoms with van der Waals surface area (Å²) < 4.78 is 7.29. The lowest BCUT2D eigenvalue weighted by Crippen LogP contribution is -2.02. The molecule has 1 N–H and O–H groups in total. The number of para-hydroxylation sites is 1. The van der Waals surface area contributed by atoms with E-state index in [0.29, 0.717) is 13.0 Å². The van der Waals surface area contributed by atoms with E-state index < -0.39 is 5.97 Å². The van der Waals surface area contributed by atoms with E-state index >= 15 is 0 Å². The van der Waals surface area contributed by atoms with Gasteiger partial charge in [0.05, 0.1) is 6.61 Å². The minimum absolute atomic E-state index is 0.220. The van der Waals surface area contributed by atoms with Crippen LogP contribution >= 0.6 is 0 Å². The van der Waals surface area contributed by atoms with Crippen molar-refractivity contribution in [1.82, 2.24) is 4.57 Å². The van der Waals surface area contributed by atoms with Gasteiger partial charge in [-0.15, -0.1) is 0 Å². The van der Waals surface area contributed by atoms with Crippen LogP contribution in [0.15, 0.2) is 30.5 Å². The molecule has 1 heterocycles. The van der Waals surface area contributed by atoms with E-state index in [1.54, 1.807) is 7.11 Å². The van der Waals surface area contributed by atoms with Gasteiger partial charge < -0.3 is 14.4 Å². The average Bonchev–Trinajstić information content (AvgIpc) is 2.75. The van der Waals surface area contributed by atoms with Crippen LogP contribution in [0.25, 0.3) is 10.9 Å². The number of nitrogens with zero attached hydrogens (tertiary/aromatic N) is 1. The van der Waals surface area contributed by atoms with Gasteiger partial charge in [0.15, 0.2) is 0 Å². The zero-order valence-electron chi connectivity index (χ0n) is 11.1. The number of aliphatic carboxylic acids is 1. The first-order valence-corrected chi connectivity index (χ1v) is 6.50. The molecule has 0 saturated carbocycles. The maximum Gasteiger partial charge on any atom is 0.303 e. The van der Waals surface area contributed by atoms with Crippen molar-refractivity contribution in [3.05, 3.63) is 36.0 Å². The van der Waals surface area contributed by atoms with Gasteiger partial charge in [0.25, 0.3) is 0 Å². The number of carboxylic acids is 1. The summed E-state index contributed by atoms with van der Waals surface area (Å²) in [6.07, 6.45) is 3.81. The normalized spacial score (nSPS) is 11.0. The number of rotatable bonds is 7. The molecule has 0 saturated heterocycles. The number of carbonyl (C=O) groups is 1. The second kappa shape index (κ2) is 6.38. The zero-order valence-corrected chi connectivity index (χ0v) is 11.1. The lowest BCUT2D eigenvalue weighted by atomic mass is 10.1. The third kappa shape index (κ3) is 3.35. The first-order valence-electron chi connectivity index (χ1n) is 6.50. The molecule has 0 aliphatic heterocycles. The summed E-state index contributed by atoms with van der Waals surface area (Å²) in [7, 11) is 1.69. The van der Waals surface area contributed by atoms with Crippen molar-refractivity contribution in [3.8, 4) is 0 Å². The first kappa shape index (κ1) is 13.6. The fraction of sp³-hybridized carbons (Fsp3) is 0.400. The second-order valence-corrected chi connectivity index (χ2v) is 4.60.